The number of nitrogens with one attached hydrogen (secondary N) is 1. The predicted molar refractivity (Wildman–Crippen MR) is 149 cm³/mol. The van der Waals surface area contributed by atoms with Crippen LogP contribution in [0.5, 0.6) is 11.5 Å². The third kappa shape index (κ3) is 6.60. The van der Waals surface area contributed by atoms with Crippen molar-refractivity contribution in [2.75, 3.05) is 11.9 Å². The van der Waals surface area contributed by atoms with E-state index in [0.29, 0.717) is 28.0 Å². The monoisotopic (exact) mass is 609 g/mol. The summed E-state index contributed by atoms with van der Waals surface area (Å²) in [6.45, 7) is 3.78. The maximum atomic E-state index is 13.5. The predicted octanol–water partition coefficient (Wildman–Crippen LogP) is 4.10. The standard InChI is InChI=1S/C27H23Cl2N3O6S.Na/c1-3-15-12-13-20(22(29)26(15)39(35,36)37)31-32-23-17-9-6-5-8-16(17)14-18(24(23)33)27(34)30-21-11-7-10-19(28)25(21)38-4-2;/h5-14,33H,3-4H2,1-2H3,(H,30,34)(H,35,36,37);/q;+1/p-1. The fourth-order valence-electron chi connectivity index (χ4n) is 3.99. The molecule has 40 heavy (non-hydrogen) atoms. The fraction of sp³-hybridized carbons (Fsp3) is 0.148. The average Bonchev–Trinajstić information content (AvgIpc) is 2.89. The number of fused-ring (bicyclic) bond motifs is 1. The van der Waals surface area contributed by atoms with Gasteiger partial charge < -0.3 is 15.2 Å². The number of anilines is 1. The average molecular weight is 610 g/mol. The van der Waals surface area contributed by atoms with Crippen molar-refractivity contribution in [3.63, 3.8) is 0 Å². The fourth-order valence-corrected chi connectivity index (χ4v) is 5.61. The molecule has 0 saturated carbocycles. The molecule has 4 aromatic rings. The van der Waals surface area contributed by atoms with Gasteiger partial charge >= 0.3 is 29.6 Å². The second-order valence-corrected chi connectivity index (χ2v) is 10.4. The van der Waals surface area contributed by atoms with Gasteiger partial charge in [0.05, 0.1) is 28.0 Å². The van der Waals surface area contributed by atoms with Crippen molar-refractivity contribution in [3.05, 3.63) is 81.8 Å². The number of halogens is 2. The summed E-state index contributed by atoms with van der Waals surface area (Å²) in [4.78, 5) is 12.8. The Morgan fingerprint density at radius 2 is 1.77 bits per heavy atom. The maximum absolute atomic E-state index is 13.5. The van der Waals surface area contributed by atoms with Gasteiger partial charge in [-0.3, -0.25) is 9.35 Å². The van der Waals surface area contributed by atoms with Gasteiger partial charge in [-0.25, -0.2) is 0 Å². The Bertz CT molecular complexity index is 1730. The van der Waals surface area contributed by atoms with Crippen molar-refractivity contribution in [2.45, 2.75) is 25.2 Å². The molecule has 0 radical (unpaired) electrons. The number of rotatable bonds is 8. The first-order valence-corrected chi connectivity index (χ1v) is 13.9. The second kappa shape index (κ2) is 13.3. The van der Waals surface area contributed by atoms with Crippen LogP contribution in [0.15, 0.2) is 75.8 Å². The van der Waals surface area contributed by atoms with E-state index in [9.17, 15) is 22.9 Å². The molecular weight excluding hydrogens is 588 g/mol. The van der Waals surface area contributed by atoms with Gasteiger partial charge in [0.15, 0.2) is 5.75 Å². The zero-order valence-corrected chi connectivity index (χ0v) is 26.1. The van der Waals surface area contributed by atoms with Gasteiger partial charge in [-0.15, -0.1) is 5.11 Å². The quantitative estimate of drug-likeness (QED) is 0.175. The summed E-state index contributed by atoms with van der Waals surface area (Å²) in [6.07, 6.45) is 0.288. The Balaban J connectivity index is 0.00000441. The normalized spacial score (nSPS) is 11.4. The van der Waals surface area contributed by atoms with Crippen LogP contribution in [0.3, 0.4) is 0 Å². The number of para-hydroxylation sites is 1. The Kier molecular flexibility index (Phi) is 10.6. The minimum atomic E-state index is -4.65. The summed E-state index contributed by atoms with van der Waals surface area (Å²) in [6, 6.07) is 15.9. The zero-order chi connectivity index (χ0) is 28.3. The van der Waals surface area contributed by atoms with Gasteiger partial charge in [-0.05, 0) is 48.6 Å². The van der Waals surface area contributed by atoms with Crippen molar-refractivity contribution < 1.29 is 57.2 Å². The maximum Gasteiger partial charge on any atom is 1.00 e. The van der Waals surface area contributed by atoms with Crippen molar-refractivity contribution in [1.82, 2.24) is 0 Å². The van der Waals surface area contributed by atoms with Crippen LogP contribution in [-0.4, -0.2) is 25.5 Å². The molecule has 1 amide bonds. The van der Waals surface area contributed by atoms with Gasteiger partial charge in [0, 0.05) is 10.9 Å². The molecular formula is C27H22Cl2N3NaO6S. The molecule has 0 heterocycles. The van der Waals surface area contributed by atoms with E-state index in [-0.39, 0.29) is 69.4 Å². The molecule has 0 unspecified atom stereocenters. The smallest absolute Gasteiger partial charge is 0.870 e. The van der Waals surface area contributed by atoms with Crippen LogP contribution in [0.1, 0.15) is 29.8 Å². The summed E-state index contributed by atoms with van der Waals surface area (Å²) in [7, 11) is -4.65. The molecule has 0 saturated heterocycles. The number of benzene rings is 4. The number of carbonyl (C=O) groups excluding carboxylic acids is 1. The number of amides is 1. The molecule has 0 aromatic heterocycles. The van der Waals surface area contributed by atoms with E-state index < -0.39 is 26.7 Å². The third-order valence-corrected chi connectivity index (χ3v) is 7.55. The molecule has 13 heteroatoms. The number of hydrogen-bond donors (Lipinski definition) is 2. The van der Waals surface area contributed by atoms with Crippen LogP contribution >= 0.6 is 23.2 Å². The van der Waals surface area contributed by atoms with E-state index in [0.717, 1.165) is 0 Å². The molecule has 0 spiro atoms. The van der Waals surface area contributed by atoms with Gasteiger partial charge in [-0.1, -0.05) is 72.3 Å². The van der Waals surface area contributed by atoms with Crippen molar-refractivity contribution in [1.29, 1.82) is 0 Å². The summed E-state index contributed by atoms with van der Waals surface area (Å²) in [5, 5.41) is 25.2. The molecule has 0 aliphatic rings. The molecule has 0 bridgehead atoms. The summed E-state index contributed by atoms with van der Waals surface area (Å²) < 4.78 is 39.1. The Morgan fingerprint density at radius 3 is 2.45 bits per heavy atom. The molecule has 0 aliphatic heterocycles. The number of carbonyl (C=O) groups is 1. The number of hydrogen-bond acceptors (Lipinski definition) is 7. The second-order valence-electron chi connectivity index (χ2n) is 8.24. The van der Waals surface area contributed by atoms with E-state index in [1.807, 2.05) is 0 Å². The molecule has 9 nitrogen and oxygen atoms in total. The minimum absolute atomic E-state index is 0. The van der Waals surface area contributed by atoms with Gasteiger partial charge in [0.2, 0.25) is 0 Å². The van der Waals surface area contributed by atoms with E-state index in [1.165, 1.54) is 18.2 Å². The minimum Gasteiger partial charge on any atom is -0.870 e. The van der Waals surface area contributed by atoms with Gasteiger partial charge in [-0.2, -0.15) is 13.5 Å². The number of aryl methyl sites for hydroxylation is 1. The van der Waals surface area contributed by atoms with Crippen LogP contribution in [-0.2, 0) is 16.5 Å². The first-order chi connectivity index (χ1) is 18.6. The Hall–Kier alpha value is -2.70. The van der Waals surface area contributed by atoms with E-state index in [2.05, 4.69) is 15.5 Å². The first kappa shape index (κ1) is 31.8. The summed E-state index contributed by atoms with van der Waals surface area (Å²) >= 11 is 12.5. The molecule has 4 aromatic carbocycles. The Labute approximate surface area is 263 Å². The zero-order valence-electron chi connectivity index (χ0n) is 21.7. The molecule has 0 atom stereocenters. The molecule has 0 aliphatic carbocycles. The summed E-state index contributed by atoms with van der Waals surface area (Å²) in [5.41, 5.74) is 0.128. The number of ether oxygens (including phenoxy) is 1. The van der Waals surface area contributed by atoms with E-state index in [1.54, 1.807) is 56.3 Å². The largest absolute Gasteiger partial charge is 1.00 e. The van der Waals surface area contributed by atoms with E-state index >= 15 is 0 Å². The third-order valence-electron chi connectivity index (χ3n) is 5.78. The van der Waals surface area contributed by atoms with Crippen LogP contribution in [0.4, 0.5) is 17.1 Å². The van der Waals surface area contributed by atoms with Gasteiger partial charge in [0.1, 0.15) is 10.6 Å². The SMILES string of the molecule is CCOc1c(Cl)cccc1NC(=O)c1cc2ccccc2c(N=Nc2ccc(CC)c(S(=O)(=O)O)c2Cl)c1[O-].[Na+]. The van der Waals surface area contributed by atoms with Crippen molar-refractivity contribution in [2.24, 2.45) is 10.2 Å². The Morgan fingerprint density at radius 1 is 1.05 bits per heavy atom. The van der Waals surface area contributed by atoms with Crippen molar-refractivity contribution in [3.8, 4) is 11.5 Å². The molecule has 0 fully saturated rings. The molecule has 202 valence electrons. The molecule has 4 rings (SSSR count). The molecule has 2 N–H and O–H groups in total. The number of nitrogens with zero attached hydrogens (tertiary/aromatic N) is 2. The first-order valence-electron chi connectivity index (χ1n) is 11.7. The number of azo groups is 1. The van der Waals surface area contributed by atoms with E-state index in [4.69, 9.17) is 27.9 Å². The van der Waals surface area contributed by atoms with Crippen LogP contribution in [0, 0.1) is 0 Å². The van der Waals surface area contributed by atoms with Gasteiger partial charge in [0.25, 0.3) is 16.0 Å². The topological polar surface area (TPSA) is 140 Å². The van der Waals surface area contributed by atoms with Crippen LogP contribution < -0.4 is 44.7 Å². The van der Waals surface area contributed by atoms with Crippen molar-refractivity contribution >= 4 is 67.1 Å². The van der Waals surface area contributed by atoms with Crippen LogP contribution in [0.2, 0.25) is 10.0 Å². The summed E-state index contributed by atoms with van der Waals surface area (Å²) in [5.74, 6) is -1.17. The van der Waals surface area contributed by atoms with Crippen LogP contribution in [0.25, 0.3) is 10.8 Å².